The molecule has 0 bridgehead atoms. The second-order valence-electron chi connectivity index (χ2n) is 1.88. The first-order valence-corrected chi connectivity index (χ1v) is 6.23. The van der Waals surface area contributed by atoms with Crippen LogP contribution < -0.4 is 0 Å². The molecule has 3 heteroatoms. The van der Waals surface area contributed by atoms with E-state index in [-0.39, 0.29) is 4.82 Å². The Kier molecular flexibility index (Phi) is 1.96. The van der Waals surface area contributed by atoms with Gasteiger partial charge in [0.2, 0.25) is 0 Å². The second kappa shape index (κ2) is 1.93. The Morgan fingerprint density at radius 2 is 1.43 bits per heavy atom. The van der Waals surface area contributed by atoms with E-state index in [4.69, 9.17) is 0 Å². The van der Waals surface area contributed by atoms with Crippen molar-refractivity contribution in [1.29, 1.82) is 0 Å². The molecule has 44 valence electrons. The van der Waals surface area contributed by atoms with E-state index in [0.717, 1.165) is 0 Å². The van der Waals surface area contributed by atoms with Crippen LogP contribution in [0, 0.1) is 0 Å². The predicted octanol–water partition coefficient (Wildman–Crippen LogP) is 1.33. The zero-order valence-electron chi connectivity index (χ0n) is 4.80. The van der Waals surface area contributed by atoms with Crippen molar-refractivity contribution >= 4 is 12.7 Å². The van der Waals surface area contributed by atoms with E-state index in [9.17, 15) is 7.67 Å². The molecule has 0 heterocycles. The molecule has 0 saturated carbocycles. The molecular formula is C4H10O2Se. The van der Waals surface area contributed by atoms with Gasteiger partial charge in [-0.2, -0.15) is 0 Å². The van der Waals surface area contributed by atoms with Gasteiger partial charge in [-0.3, -0.25) is 0 Å². The summed E-state index contributed by atoms with van der Waals surface area (Å²) in [5.41, 5.74) is 0. The summed E-state index contributed by atoms with van der Waals surface area (Å²) >= 11 is -3.39. The molecule has 0 unspecified atom stereocenters. The van der Waals surface area contributed by atoms with E-state index in [0.29, 0.717) is 0 Å². The van der Waals surface area contributed by atoms with Crippen LogP contribution in [0.5, 0.6) is 0 Å². The summed E-state index contributed by atoms with van der Waals surface area (Å²) in [6.07, 6.45) is 0. The molecule has 2 nitrogen and oxygen atoms in total. The summed E-state index contributed by atoms with van der Waals surface area (Å²) < 4.78 is 20.8. The molecule has 0 radical (unpaired) electrons. The Bertz CT molecular complexity index is 132. The van der Waals surface area contributed by atoms with Crippen molar-refractivity contribution in [1.82, 2.24) is 0 Å². The van der Waals surface area contributed by atoms with Gasteiger partial charge < -0.3 is 0 Å². The number of rotatable bonds is 1. The molecule has 0 N–H and O–H groups in total. The minimum absolute atomic E-state index is 0.156. The van der Waals surface area contributed by atoms with Crippen molar-refractivity contribution in [3.05, 3.63) is 0 Å². The predicted molar refractivity (Wildman–Crippen MR) is 28.1 cm³/mol. The van der Waals surface area contributed by atoms with Gasteiger partial charge in [-0.1, -0.05) is 0 Å². The van der Waals surface area contributed by atoms with E-state index >= 15 is 0 Å². The van der Waals surface area contributed by atoms with Crippen LogP contribution in [0.3, 0.4) is 0 Å². The average molecular weight is 169 g/mol. The molecule has 0 aliphatic heterocycles. The van der Waals surface area contributed by atoms with Crippen molar-refractivity contribution in [2.45, 2.75) is 24.5 Å². The van der Waals surface area contributed by atoms with Gasteiger partial charge in [0, 0.05) is 0 Å². The monoisotopic (exact) mass is 170 g/mol. The van der Waals surface area contributed by atoms with Crippen molar-refractivity contribution < 1.29 is 7.67 Å². The third kappa shape index (κ3) is 2.77. The SMILES string of the molecule is CC(C)[Se](C)(=O)=O. The van der Waals surface area contributed by atoms with Crippen molar-refractivity contribution in [3.63, 3.8) is 0 Å². The van der Waals surface area contributed by atoms with Crippen molar-refractivity contribution in [3.8, 4) is 0 Å². The Morgan fingerprint density at radius 3 is 1.43 bits per heavy atom. The Hall–Kier alpha value is 0.119. The summed E-state index contributed by atoms with van der Waals surface area (Å²) in [5.74, 6) is 1.31. The fourth-order valence-electron chi connectivity index (χ4n) is 0. The first-order valence-electron chi connectivity index (χ1n) is 2.13. The molecule has 0 aromatic heterocycles. The van der Waals surface area contributed by atoms with Gasteiger partial charge in [0.25, 0.3) is 0 Å². The van der Waals surface area contributed by atoms with Gasteiger partial charge in [-0.25, -0.2) is 0 Å². The Labute approximate surface area is 45.5 Å². The molecule has 0 atom stereocenters. The van der Waals surface area contributed by atoms with Crippen LogP contribution in [-0.4, -0.2) is 12.7 Å². The topological polar surface area (TPSA) is 34.1 Å². The van der Waals surface area contributed by atoms with Gasteiger partial charge >= 0.3 is 44.9 Å². The van der Waals surface area contributed by atoms with Crippen LogP contribution in [0.1, 0.15) is 13.8 Å². The summed E-state index contributed by atoms with van der Waals surface area (Å²) in [6.45, 7) is 3.39. The van der Waals surface area contributed by atoms with Gasteiger partial charge in [-0.15, -0.1) is 0 Å². The van der Waals surface area contributed by atoms with E-state index in [2.05, 4.69) is 0 Å². The molecule has 0 fully saturated rings. The second-order valence-corrected chi connectivity index (χ2v) is 7.34. The maximum absolute atomic E-state index is 10.4. The standard InChI is InChI=1S/C4H10O2Se/c1-4(2)7(3,5)6/h4H,1-3H3. The van der Waals surface area contributed by atoms with Crippen molar-refractivity contribution in [2.24, 2.45) is 0 Å². The Balaban J connectivity index is 4.10. The number of hydrogen-bond acceptors (Lipinski definition) is 2. The summed E-state index contributed by atoms with van der Waals surface area (Å²) in [6, 6.07) is 0. The minimum atomic E-state index is -3.39. The van der Waals surface area contributed by atoms with Crippen molar-refractivity contribution in [2.75, 3.05) is 0 Å². The molecule has 7 heavy (non-hydrogen) atoms. The zero-order valence-corrected chi connectivity index (χ0v) is 6.52. The van der Waals surface area contributed by atoms with Gasteiger partial charge in [0.1, 0.15) is 0 Å². The normalized spacial score (nSPS) is 12.6. The van der Waals surface area contributed by atoms with E-state index in [1.807, 2.05) is 0 Å². The molecule has 0 spiro atoms. The van der Waals surface area contributed by atoms with Gasteiger partial charge in [-0.05, 0) is 0 Å². The van der Waals surface area contributed by atoms with E-state index in [1.165, 1.54) is 5.82 Å². The molecular weight excluding hydrogens is 159 g/mol. The van der Waals surface area contributed by atoms with Crippen LogP contribution >= 0.6 is 0 Å². The fourth-order valence-corrected chi connectivity index (χ4v) is 0. The summed E-state index contributed by atoms with van der Waals surface area (Å²) in [7, 11) is 0. The summed E-state index contributed by atoms with van der Waals surface area (Å²) in [4.78, 5) is -0.156. The first-order chi connectivity index (χ1) is 2.94. The molecule has 0 aliphatic rings. The summed E-state index contributed by atoms with van der Waals surface area (Å²) in [5, 5.41) is 0. The Morgan fingerprint density at radius 1 is 1.29 bits per heavy atom. The quantitative estimate of drug-likeness (QED) is 0.555. The van der Waals surface area contributed by atoms with E-state index in [1.54, 1.807) is 13.8 Å². The molecule has 0 saturated heterocycles. The third-order valence-electron chi connectivity index (χ3n) is 0.856. The van der Waals surface area contributed by atoms with Crippen LogP contribution in [0.25, 0.3) is 0 Å². The zero-order chi connectivity index (χ0) is 6.08. The maximum atomic E-state index is 10.4. The van der Waals surface area contributed by atoms with Gasteiger partial charge in [0.05, 0.1) is 0 Å². The van der Waals surface area contributed by atoms with Crippen LogP contribution in [0.2, 0.25) is 10.6 Å². The van der Waals surface area contributed by atoms with E-state index < -0.39 is 12.7 Å². The molecule has 0 aliphatic carbocycles. The molecule has 0 amide bonds. The number of hydrogen-bond donors (Lipinski definition) is 0. The van der Waals surface area contributed by atoms with Crippen LogP contribution in [0.4, 0.5) is 0 Å². The van der Waals surface area contributed by atoms with Gasteiger partial charge in [0.15, 0.2) is 0 Å². The first kappa shape index (κ1) is 7.12. The van der Waals surface area contributed by atoms with Crippen LogP contribution in [-0.2, 0) is 7.67 Å². The molecule has 0 rings (SSSR count). The fraction of sp³-hybridized carbons (Fsp3) is 1.00. The third-order valence-corrected chi connectivity index (χ3v) is 4.45. The van der Waals surface area contributed by atoms with Crippen LogP contribution in [0.15, 0.2) is 0 Å². The molecule has 0 aromatic rings. The average Bonchev–Trinajstić information content (AvgIpc) is 1.31. The molecule has 0 aromatic carbocycles.